The highest BCUT2D eigenvalue weighted by Crippen LogP contribution is 2.41. The third-order valence-electron chi connectivity index (χ3n) is 10.7. The molecular weight excluding hydrogens is 631 g/mol. The molecule has 1 aliphatic heterocycles. The molecule has 4 heterocycles. The van der Waals surface area contributed by atoms with E-state index in [1.54, 1.807) is 0 Å². The Hall–Kier alpha value is -5.92. The Bertz CT molecular complexity index is 2890. The first-order chi connectivity index (χ1) is 25.3. The first-order valence-electron chi connectivity index (χ1n) is 17.7. The van der Waals surface area contributed by atoms with E-state index >= 15 is 0 Å². The van der Waals surface area contributed by atoms with Crippen LogP contribution in [0.3, 0.4) is 0 Å². The molecule has 1 aliphatic carbocycles. The van der Waals surface area contributed by atoms with Crippen molar-refractivity contribution in [3.05, 3.63) is 156 Å². The minimum atomic E-state index is -0.207. The van der Waals surface area contributed by atoms with Crippen molar-refractivity contribution >= 4 is 65.8 Å². The summed E-state index contributed by atoms with van der Waals surface area (Å²) in [7, 11) is 0. The number of furan rings is 3. The largest absolute Gasteiger partial charge is 0.456 e. The number of para-hydroxylation sites is 4. The van der Waals surface area contributed by atoms with Crippen LogP contribution < -0.4 is 16.0 Å². The van der Waals surface area contributed by atoms with Gasteiger partial charge >= 0.3 is 0 Å². The molecule has 3 unspecified atom stereocenters. The van der Waals surface area contributed by atoms with Crippen molar-refractivity contribution in [3.63, 3.8) is 0 Å². The van der Waals surface area contributed by atoms with E-state index in [1.807, 2.05) is 24.3 Å². The molecule has 3 atom stereocenters. The zero-order chi connectivity index (χ0) is 33.5. The number of rotatable bonds is 4. The lowest BCUT2D eigenvalue weighted by Gasteiger charge is -2.40. The predicted octanol–water partition coefficient (Wildman–Crippen LogP) is 11.1. The first kappa shape index (κ1) is 28.9. The van der Waals surface area contributed by atoms with Crippen LogP contribution in [0.15, 0.2) is 158 Å². The minimum Gasteiger partial charge on any atom is -0.456 e. The second kappa shape index (κ2) is 11.3. The van der Waals surface area contributed by atoms with Crippen LogP contribution in [0.4, 0.5) is 0 Å². The molecule has 246 valence electrons. The lowest BCUT2D eigenvalue weighted by molar-refractivity contribution is 0.220. The number of fused-ring (bicyclic) bond motifs is 9. The summed E-state index contributed by atoms with van der Waals surface area (Å²) in [4.78, 5) is 0. The molecule has 1 saturated heterocycles. The molecule has 51 heavy (non-hydrogen) atoms. The molecule has 0 bridgehead atoms. The Morgan fingerprint density at radius 1 is 0.490 bits per heavy atom. The van der Waals surface area contributed by atoms with Gasteiger partial charge in [-0.2, -0.15) is 0 Å². The van der Waals surface area contributed by atoms with Crippen LogP contribution >= 0.6 is 0 Å². The van der Waals surface area contributed by atoms with Gasteiger partial charge in [0.1, 0.15) is 33.5 Å². The van der Waals surface area contributed by atoms with E-state index in [0.29, 0.717) is 0 Å². The Kier molecular flexibility index (Phi) is 6.40. The summed E-state index contributed by atoms with van der Waals surface area (Å²) in [5, 5.41) is 18.4. The minimum absolute atomic E-state index is 0.0506. The van der Waals surface area contributed by atoms with Gasteiger partial charge in [0.25, 0.3) is 0 Å². The molecule has 3 aromatic heterocycles. The highest BCUT2D eigenvalue weighted by Gasteiger charge is 2.33. The van der Waals surface area contributed by atoms with Crippen molar-refractivity contribution in [1.82, 2.24) is 16.0 Å². The van der Waals surface area contributed by atoms with Crippen LogP contribution in [0.5, 0.6) is 0 Å². The predicted molar refractivity (Wildman–Crippen MR) is 205 cm³/mol. The molecule has 6 nitrogen and oxygen atoms in total. The van der Waals surface area contributed by atoms with Crippen LogP contribution in [0.25, 0.3) is 76.9 Å². The molecule has 3 N–H and O–H groups in total. The van der Waals surface area contributed by atoms with Gasteiger partial charge in [-0.25, -0.2) is 0 Å². The Morgan fingerprint density at radius 3 is 2.00 bits per heavy atom. The van der Waals surface area contributed by atoms with Crippen LogP contribution in [0, 0.1) is 0 Å². The van der Waals surface area contributed by atoms with Crippen molar-refractivity contribution < 1.29 is 13.3 Å². The summed E-state index contributed by atoms with van der Waals surface area (Å²) in [6.45, 7) is 0. The molecular formula is C45H33N3O3. The molecule has 9 aromatic rings. The molecule has 1 fully saturated rings. The molecule has 6 aromatic carbocycles. The lowest BCUT2D eigenvalue weighted by atomic mass is 9.97. The smallest absolute Gasteiger partial charge is 0.143 e. The summed E-state index contributed by atoms with van der Waals surface area (Å²) in [6.07, 6.45) is 8.24. The van der Waals surface area contributed by atoms with Gasteiger partial charge in [-0.05, 0) is 59.9 Å². The van der Waals surface area contributed by atoms with E-state index < -0.39 is 0 Å². The van der Waals surface area contributed by atoms with Gasteiger partial charge in [0.2, 0.25) is 0 Å². The van der Waals surface area contributed by atoms with Crippen LogP contribution in [0.1, 0.15) is 36.3 Å². The van der Waals surface area contributed by atoms with Crippen molar-refractivity contribution in [1.29, 1.82) is 0 Å². The Morgan fingerprint density at radius 2 is 1.14 bits per heavy atom. The van der Waals surface area contributed by atoms with E-state index in [4.69, 9.17) is 13.3 Å². The highest BCUT2D eigenvalue weighted by atomic mass is 16.3. The third-order valence-corrected chi connectivity index (χ3v) is 10.7. The van der Waals surface area contributed by atoms with E-state index in [9.17, 15) is 0 Å². The fraction of sp³-hybridized carbons (Fsp3) is 0.111. The van der Waals surface area contributed by atoms with Gasteiger partial charge in [0.15, 0.2) is 0 Å². The summed E-state index contributed by atoms with van der Waals surface area (Å²) in [6, 6.07) is 42.2. The fourth-order valence-corrected chi connectivity index (χ4v) is 8.31. The zero-order valence-electron chi connectivity index (χ0n) is 27.7. The van der Waals surface area contributed by atoms with Crippen molar-refractivity contribution in [2.24, 2.45) is 0 Å². The number of benzene rings is 6. The SMILES string of the molecule is C1=CCCC(C2NC(c3cccc4c3oc3c(-c5ccc6c(c5)oc5ccccc56)cccc34)NC(c3cccc4oc5ccccc5c34)N2)=C1. The average molecular weight is 664 g/mol. The van der Waals surface area contributed by atoms with E-state index in [-0.39, 0.29) is 18.5 Å². The number of allylic oxidation sites excluding steroid dienone is 3. The van der Waals surface area contributed by atoms with E-state index in [1.165, 1.54) is 5.57 Å². The number of hydrogen-bond acceptors (Lipinski definition) is 6. The topological polar surface area (TPSA) is 75.5 Å². The zero-order valence-corrected chi connectivity index (χ0v) is 27.7. The van der Waals surface area contributed by atoms with Crippen LogP contribution in [-0.4, -0.2) is 6.17 Å². The second-order valence-corrected chi connectivity index (χ2v) is 13.6. The van der Waals surface area contributed by atoms with Crippen molar-refractivity contribution in [2.45, 2.75) is 31.3 Å². The Labute approximate surface area is 293 Å². The quantitative estimate of drug-likeness (QED) is 0.174. The van der Waals surface area contributed by atoms with Crippen LogP contribution in [-0.2, 0) is 0 Å². The average Bonchev–Trinajstić information content (AvgIpc) is 3.89. The summed E-state index contributed by atoms with van der Waals surface area (Å²) in [5.41, 5.74) is 10.9. The highest BCUT2D eigenvalue weighted by molar-refractivity contribution is 6.12. The van der Waals surface area contributed by atoms with Gasteiger partial charge in [0, 0.05) is 43.4 Å². The maximum Gasteiger partial charge on any atom is 0.143 e. The second-order valence-electron chi connectivity index (χ2n) is 13.6. The molecule has 0 amide bonds. The van der Waals surface area contributed by atoms with Crippen LogP contribution in [0.2, 0.25) is 0 Å². The van der Waals surface area contributed by atoms with E-state index in [0.717, 1.165) is 101 Å². The maximum absolute atomic E-state index is 6.96. The van der Waals surface area contributed by atoms with Gasteiger partial charge in [0.05, 0.1) is 18.5 Å². The standard InChI is InChI=1S/C45H33N3O3/c1-2-11-26(12-3-1)43-46-44(34-18-10-22-38-40(34)33-14-5-7-21-37(33)49-38)48-45(47-43)35-19-9-17-32-31-16-8-15-28(41(31)51-42(32)35)27-23-24-30-29-13-4-6-20-36(29)50-39(30)25-27/h1-2,4-11,13-25,43-48H,3,12H2. The molecule has 11 rings (SSSR count). The third kappa shape index (κ3) is 4.54. The number of hydrogen-bond donors (Lipinski definition) is 3. The first-order valence-corrected chi connectivity index (χ1v) is 17.7. The maximum atomic E-state index is 6.96. The Balaban J connectivity index is 1.05. The number of nitrogens with one attached hydrogen (secondary N) is 3. The van der Waals surface area contributed by atoms with E-state index in [2.05, 4.69) is 131 Å². The fourth-order valence-electron chi connectivity index (χ4n) is 8.31. The molecule has 0 saturated carbocycles. The molecule has 0 radical (unpaired) electrons. The normalized spacial score (nSPS) is 19.6. The summed E-state index contributed by atoms with van der Waals surface area (Å²) < 4.78 is 19.5. The van der Waals surface area contributed by atoms with Gasteiger partial charge in [-0.1, -0.05) is 109 Å². The summed E-state index contributed by atoms with van der Waals surface area (Å²) >= 11 is 0. The van der Waals surface area contributed by atoms with Crippen molar-refractivity contribution in [2.75, 3.05) is 0 Å². The van der Waals surface area contributed by atoms with Gasteiger partial charge < -0.3 is 13.3 Å². The molecule has 0 spiro atoms. The van der Waals surface area contributed by atoms with Gasteiger partial charge in [-0.3, -0.25) is 16.0 Å². The lowest BCUT2D eigenvalue weighted by Crippen LogP contribution is -2.59. The van der Waals surface area contributed by atoms with Crippen molar-refractivity contribution in [3.8, 4) is 11.1 Å². The summed E-state index contributed by atoms with van der Waals surface area (Å²) in [5.74, 6) is 0. The van der Waals surface area contributed by atoms with Gasteiger partial charge in [-0.15, -0.1) is 0 Å². The molecule has 6 heteroatoms. The monoisotopic (exact) mass is 663 g/mol. The molecule has 2 aliphatic rings.